The molecule has 0 spiro atoms. The van der Waals surface area contributed by atoms with Gasteiger partial charge in [-0.15, -0.1) is 0 Å². The molecule has 0 saturated heterocycles. The van der Waals surface area contributed by atoms with E-state index in [4.69, 9.17) is 5.73 Å². The molecule has 5 heteroatoms. The van der Waals surface area contributed by atoms with Crippen LogP contribution >= 0.6 is 12.6 Å². The van der Waals surface area contributed by atoms with Crippen LogP contribution in [0.15, 0.2) is 0 Å². The molecule has 1 rings (SSSR count). The van der Waals surface area contributed by atoms with Crippen molar-refractivity contribution in [1.82, 2.24) is 0 Å². The van der Waals surface area contributed by atoms with E-state index in [1.165, 1.54) is 6.42 Å². The summed E-state index contributed by atoms with van der Waals surface area (Å²) in [5.74, 6) is -4.64. The van der Waals surface area contributed by atoms with Gasteiger partial charge in [0.05, 0.1) is 11.3 Å². The van der Waals surface area contributed by atoms with Gasteiger partial charge < -0.3 is 5.73 Å². The first-order valence-electron chi connectivity index (χ1n) is 7.12. The molecule has 2 nitrogen and oxygen atoms in total. The Balaban J connectivity index is 2.59. The Labute approximate surface area is 119 Å². The molecule has 0 aromatic carbocycles. The monoisotopic (exact) mass is 293 g/mol. The summed E-state index contributed by atoms with van der Waals surface area (Å²) in [5, 5.41) is -1.27. The highest BCUT2D eigenvalue weighted by molar-refractivity contribution is 7.81. The fraction of sp³-hybridized carbons (Fsp3) is 0.929. The Kier molecular flexibility index (Phi) is 6.24. The fourth-order valence-electron chi connectivity index (χ4n) is 2.70. The molecule has 19 heavy (non-hydrogen) atoms. The second-order valence-corrected chi connectivity index (χ2v) is 6.58. The Bertz CT molecular complexity index is 304. The van der Waals surface area contributed by atoms with Gasteiger partial charge in [0.1, 0.15) is 0 Å². The maximum atomic E-state index is 14.0. The third-order valence-electron chi connectivity index (χ3n) is 3.98. The summed E-state index contributed by atoms with van der Waals surface area (Å²) >= 11 is 3.88. The van der Waals surface area contributed by atoms with Gasteiger partial charge in [0.2, 0.25) is 5.78 Å². The highest BCUT2D eigenvalue weighted by Crippen LogP contribution is 2.33. The Morgan fingerprint density at radius 3 is 2.32 bits per heavy atom. The zero-order valence-electron chi connectivity index (χ0n) is 11.7. The van der Waals surface area contributed by atoms with Crippen LogP contribution in [0, 0.1) is 11.8 Å². The highest BCUT2D eigenvalue weighted by atomic mass is 32.1. The zero-order chi connectivity index (χ0) is 14.6. The number of thiol groups is 1. The van der Waals surface area contributed by atoms with Crippen molar-refractivity contribution in [3.05, 3.63) is 0 Å². The molecule has 0 radical (unpaired) electrons. The average molecular weight is 293 g/mol. The van der Waals surface area contributed by atoms with Gasteiger partial charge >= 0.3 is 5.92 Å². The summed E-state index contributed by atoms with van der Waals surface area (Å²) < 4.78 is 27.9. The fourth-order valence-corrected chi connectivity index (χ4v) is 2.83. The van der Waals surface area contributed by atoms with Crippen molar-refractivity contribution in [3.63, 3.8) is 0 Å². The normalized spacial score (nSPS) is 21.4. The van der Waals surface area contributed by atoms with Gasteiger partial charge in [-0.25, -0.2) is 0 Å². The van der Waals surface area contributed by atoms with Gasteiger partial charge in [-0.3, -0.25) is 4.79 Å². The molecule has 0 amide bonds. The Morgan fingerprint density at radius 2 is 1.84 bits per heavy atom. The summed E-state index contributed by atoms with van der Waals surface area (Å²) in [6.07, 6.45) is 5.81. The van der Waals surface area contributed by atoms with E-state index >= 15 is 0 Å². The first-order chi connectivity index (χ1) is 8.76. The largest absolute Gasteiger partial charge is 0.321 e. The van der Waals surface area contributed by atoms with Gasteiger partial charge in [0.15, 0.2) is 0 Å². The number of nitrogens with two attached hydrogens (primary N) is 1. The van der Waals surface area contributed by atoms with E-state index in [-0.39, 0.29) is 5.92 Å². The molecule has 0 aromatic rings. The van der Waals surface area contributed by atoms with Crippen LogP contribution in [0.4, 0.5) is 8.78 Å². The average Bonchev–Trinajstić information content (AvgIpc) is 2.37. The van der Waals surface area contributed by atoms with Crippen LogP contribution in [-0.2, 0) is 4.79 Å². The summed E-state index contributed by atoms with van der Waals surface area (Å²) in [4.78, 5) is 11.9. The third kappa shape index (κ3) is 4.42. The smallest absolute Gasteiger partial charge is 0.318 e. The van der Waals surface area contributed by atoms with Crippen LogP contribution in [0.1, 0.15) is 52.4 Å². The van der Waals surface area contributed by atoms with E-state index in [0.29, 0.717) is 12.3 Å². The lowest BCUT2D eigenvalue weighted by molar-refractivity contribution is -0.146. The van der Waals surface area contributed by atoms with Crippen molar-refractivity contribution in [2.24, 2.45) is 17.6 Å². The van der Waals surface area contributed by atoms with E-state index in [2.05, 4.69) is 12.6 Å². The molecular weight excluding hydrogens is 268 g/mol. The lowest BCUT2D eigenvalue weighted by atomic mass is 9.83. The number of hydrogen-bond donors (Lipinski definition) is 2. The number of carbonyl (C=O) groups is 1. The maximum Gasteiger partial charge on any atom is 0.318 e. The number of hydrogen-bond acceptors (Lipinski definition) is 3. The third-order valence-corrected chi connectivity index (χ3v) is 4.90. The molecular formula is C14H25F2NOS. The number of ketones is 1. The summed E-state index contributed by atoms with van der Waals surface area (Å²) in [5.41, 5.74) is 5.71. The summed E-state index contributed by atoms with van der Waals surface area (Å²) in [6, 6.07) is -1.06. The van der Waals surface area contributed by atoms with E-state index < -0.39 is 23.0 Å². The van der Waals surface area contributed by atoms with E-state index in [0.717, 1.165) is 25.7 Å². The molecule has 1 aliphatic rings. The number of halogens is 2. The quantitative estimate of drug-likeness (QED) is 0.737. The second kappa shape index (κ2) is 7.02. The molecule has 2 atom stereocenters. The van der Waals surface area contributed by atoms with Crippen molar-refractivity contribution in [3.8, 4) is 0 Å². The van der Waals surface area contributed by atoms with E-state index in [1.807, 2.05) is 0 Å². The standard InChI is InChI=1S/C14H25F2NOS/c1-9(2)13(19)14(15,16)12(18)11(17)8-10-6-4-3-5-7-10/h9-11,13,19H,3-8,17H2,1-2H3/t11-,13?/m0/s1. The summed E-state index contributed by atoms with van der Waals surface area (Å²) in [6.45, 7) is 3.26. The molecule has 1 saturated carbocycles. The van der Waals surface area contributed by atoms with Crippen LogP contribution in [-0.4, -0.2) is 23.0 Å². The van der Waals surface area contributed by atoms with Gasteiger partial charge in [-0.05, 0) is 18.3 Å². The number of rotatable bonds is 6. The SMILES string of the molecule is CC(C)C(S)C(F)(F)C(=O)[C@@H](N)CC1CCCCC1. The molecule has 1 aliphatic carbocycles. The van der Waals surface area contributed by atoms with Crippen molar-refractivity contribution in [2.75, 3.05) is 0 Å². The number of carbonyl (C=O) groups excluding carboxylic acids is 1. The summed E-state index contributed by atoms with van der Waals surface area (Å²) in [7, 11) is 0. The number of Topliss-reactive ketones (excluding diaryl/α,β-unsaturated/α-hetero) is 1. The van der Waals surface area contributed by atoms with E-state index in [1.54, 1.807) is 13.8 Å². The lowest BCUT2D eigenvalue weighted by Gasteiger charge is -2.29. The second-order valence-electron chi connectivity index (χ2n) is 6.02. The van der Waals surface area contributed by atoms with Crippen LogP contribution in [0.2, 0.25) is 0 Å². The van der Waals surface area contributed by atoms with Crippen molar-refractivity contribution < 1.29 is 13.6 Å². The predicted octanol–water partition coefficient (Wildman–Crippen LogP) is 3.44. The number of alkyl halides is 2. The maximum absolute atomic E-state index is 14.0. The molecule has 1 unspecified atom stereocenters. The molecule has 0 aromatic heterocycles. The molecule has 112 valence electrons. The molecule has 0 bridgehead atoms. The minimum atomic E-state index is -3.44. The Hall–Kier alpha value is -0.160. The first kappa shape index (κ1) is 16.9. The molecule has 0 aliphatic heterocycles. The zero-order valence-corrected chi connectivity index (χ0v) is 12.6. The van der Waals surface area contributed by atoms with Crippen LogP contribution in [0.25, 0.3) is 0 Å². The van der Waals surface area contributed by atoms with Gasteiger partial charge in [0.25, 0.3) is 0 Å². The van der Waals surface area contributed by atoms with Crippen molar-refractivity contribution >= 4 is 18.4 Å². The predicted molar refractivity (Wildman–Crippen MR) is 76.7 cm³/mol. The van der Waals surface area contributed by atoms with Crippen LogP contribution in [0.3, 0.4) is 0 Å². The van der Waals surface area contributed by atoms with Crippen molar-refractivity contribution in [1.29, 1.82) is 0 Å². The van der Waals surface area contributed by atoms with E-state index in [9.17, 15) is 13.6 Å². The van der Waals surface area contributed by atoms with Crippen LogP contribution < -0.4 is 5.73 Å². The van der Waals surface area contributed by atoms with Crippen molar-refractivity contribution in [2.45, 2.75) is 69.6 Å². The lowest BCUT2D eigenvalue weighted by Crippen LogP contribution is -2.50. The van der Waals surface area contributed by atoms with Gasteiger partial charge in [-0.2, -0.15) is 21.4 Å². The minimum absolute atomic E-state index is 0.320. The Morgan fingerprint density at radius 1 is 1.32 bits per heavy atom. The minimum Gasteiger partial charge on any atom is -0.321 e. The van der Waals surface area contributed by atoms with Gasteiger partial charge in [0, 0.05) is 0 Å². The molecule has 0 heterocycles. The first-order valence-corrected chi connectivity index (χ1v) is 7.64. The topological polar surface area (TPSA) is 43.1 Å². The molecule has 1 fully saturated rings. The van der Waals surface area contributed by atoms with Gasteiger partial charge in [-0.1, -0.05) is 46.0 Å². The molecule has 2 N–H and O–H groups in total. The van der Waals surface area contributed by atoms with Crippen LogP contribution in [0.5, 0.6) is 0 Å². The highest BCUT2D eigenvalue weighted by Gasteiger charge is 2.48.